The molecule has 0 aliphatic heterocycles. The first-order valence-electron chi connectivity index (χ1n) is 4.59. The fraction of sp³-hybridized carbons (Fsp3) is 0.0769. The van der Waals surface area contributed by atoms with Gasteiger partial charge in [0.15, 0.2) is 0 Å². The molecule has 0 aromatic heterocycles. The molecule has 0 saturated carbocycles. The minimum Gasteiger partial charge on any atom is -0.0622 e. The van der Waals surface area contributed by atoms with Gasteiger partial charge in [0.25, 0.3) is 0 Å². The van der Waals surface area contributed by atoms with Crippen LogP contribution in [0, 0.1) is 6.92 Å². The molecule has 0 saturated heterocycles. The highest BCUT2D eigenvalue weighted by atomic mass is 79.9. The summed E-state index contributed by atoms with van der Waals surface area (Å²) >= 11 is 3.47. The van der Waals surface area contributed by atoms with Crippen molar-refractivity contribution in [2.75, 3.05) is 0 Å². The van der Waals surface area contributed by atoms with Crippen LogP contribution in [0.25, 0.3) is 11.1 Å². The number of hydrogen-bond donors (Lipinski definition) is 0. The Kier molecular flexibility index (Phi) is 2.69. The van der Waals surface area contributed by atoms with Crippen LogP contribution in [0.1, 0.15) is 5.56 Å². The molecule has 2 aromatic rings. The van der Waals surface area contributed by atoms with E-state index in [-0.39, 0.29) is 0 Å². The van der Waals surface area contributed by atoms with Gasteiger partial charge in [-0.15, -0.1) is 0 Å². The third-order valence-electron chi connectivity index (χ3n) is 2.27. The summed E-state index contributed by atoms with van der Waals surface area (Å²) in [5, 5.41) is 0. The van der Waals surface area contributed by atoms with Crippen molar-refractivity contribution < 1.29 is 0 Å². The maximum Gasteiger partial charge on any atom is 0.0178 e. The van der Waals surface area contributed by atoms with Crippen LogP contribution in [0.2, 0.25) is 0 Å². The van der Waals surface area contributed by atoms with Crippen molar-refractivity contribution in [1.29, 1.82) is 0 Å². The van der Waals surface area contributed by atoms with E-state index >= 15 is 0 Å². The molecule has 0 aliphatic rings. The average molecular weight is 247 g/mol. The molecule has 0 heterocycles. The summed E-state index contributed by atoms with van der Waals surface area (Å²) in [7, 11) is 0. The molecule has 1 heteroatoms. The number of aryl methyl sites for hydroxylation is 1. The Balaban J connectivity index is 2.53. The third-order valence-corrected chi connectivity index (χ3v) is 2.77. The summed E-state index contributed by atoms with van der Waals surface area (Å²) in [5.41, 5.74) is 3.87. The lowest BCUT2D eigenvalue weighted by atomic mass is 10.0. The van der Waals surface area contributed by atoms with E-state index in [1.54, 1.807) is 0 Å². The van der Waals surface area contributed by atoms with Gasteiger partial charge in [-0.1, -0.05) is 52.3 Å². The quantitative estimate of drug-likeness (QED) is 0.699. The predicted octanol–water partition coefficient (Wildman–Crippen LogP) is 4.42. The molecule has 2 rings (SSSR count). The van der Waals surface area contributed by atoms with Crippen LogP contribution in [0.5, 0.6) is 0 Å². The van der Waals surface area contributed by atoms with Crippen LogP contribution in [0.4, 0.5) is 0 Å². The lowest BCUT2D eigenvalue weighted by molar-refractivity contribution is 1.44. The summed E-state index contributed by atoms with van der Waals surface area (Å²) in [5.74, 6) is 0. The van der Waals surface area contributed by atoms with Crippen molar-refractivity contribution in [2.24, 2.45) is 0 Å². The molecule has 0 bridgehead atoms. The second-order valence-electron chi connectivity index (χ2n) is 3.33. The topological polar surface area (TPSA) is 0 Å². The van der Waals surface area contributed by atoms with Gasteiger partial charge in [0.1, 0.15) is 0 Å². The molecule has 2 aromatic carbocycles. The van der Waals surface area contributed by atoms with Gasteiger partial charge in [0.2, 0.25) is 0 Å². The normalized spacial score (nSPS) is 10.1. The van der Waals surface area contributed by atoms with Gasteiger partial charge in [-0.2, -0.15) is 0 Å². The van der Waals surface area contributed by atoms with E-state index in [2.05, 4.69) is 65.3 Å². The van der Waals surface area contributed by atoms with Crippen LogP contribution in [0.3, 0.4) is 0 Å². The largest absolute Gasteiger partial charge is 0.0622 e. The standard InChI is InChI=1S/C13H11Br/c1-10-9-12(14)7-8-13(10)11-5-3-2-4-6-11/h2-9H,1H3. The summed E-state index contributed by atoms with van der Waals surface area (Å²) in [6.45, 7) is 2.13. The summed E-state index contributed by atoms with van der Waals surface area (Å²) in [6.07, 6.45) is 0. The Bertz CT molecular complexity index is 432. The molecule has 0 amide bonds. The maximum atomic E-state index is 3.47. The first-order valence-corrected chi connectivity index (χ1v) is 5.38. The number of halogens is 1. The second kappa shape index (κ2) is 3.97. The van der Waals surface area contributed by atoms with Gasteiger partial charge in [0.05, 0.1) is 0 Å². The number of benzene rings is 2. The van der Waals surface area contributed by atoms with Crippen molar-refractivity contribution in [1.82, 2.24) is 0 Å². The van der Waals surface area contributed by atoms with Crippen molar-refractivity contribution in [2.45, 2.75) is 6.92 Å². The number of hydrogen-bond acceptors (Lipinski definition) is 0. The van der Waals surface area contributed by atoms with E-state index in [0.717, 1.165) is 4.47 Å². The van der Waals surface area contributed by atoms with E-state index < -0.39 is 0 Å². The van der Waals surface area contributed by atoms with Crippen molar-refractivity contribution in [3.63, 3.8) is 0 Å². The Morgan fingerprint density at radius 2 is 1.64 bits per heavy atom. The lowest BCUT2D eigenvalue weighted by Gasteiger charge is -2.05. The molecule has 0 nitrogen and oxygen atoms in total. The first-order chi connectivity index (χ1) is 6.77. The summed E-state index contributed by atoms with van der Waals surface area (Å²) in [6, 6.07) is 16.8. The van der Waals surface area contributed by atoms with Gasteiger partial charge in [-0.05, 0) is 35.7 Å². The van der Waals surface area contributed by atoms with E-state index in [1.807, 2.05) is 6.07 Å². The van der Waals surface area contributed by atoms with E-state index in [0.29, 0.717) is 0 Å². The Morgan fingerprint density at radius 1 is 0.929 bits per heavy atom. The molecular weight excluding hydrogens is 236 g/mol. The molecular formula is C13H11Br. The highest BCUT2D eigenvalue weighted by molar-refractivity contribution is 9.10. The zero-order chi connectivity index (χ0) is 9.97. The monoisotopic (exact) mass is 246 g/mol. The van der Waals surface area contributed by atoms with Crippen LogP contribution < -0.4 is 0 Å². The fourth-order valence-electron chi connectivity index (χ4n) is 1.57. The average Bonchev–Trinajstić information content (AvgIpc) is 2.19. The van der Waals surface area contributed by atoms with Crippen molar-refractivity contribution >= 4 is 15.9 Å². The van der Waals surface area contributed by atoms with E-state index in [1.165, 1.54) is 16.7 Å². The van der Waals surface area contributed by atoms with Gasteiger partial charge >= 0.3 is 0 Å². The molecule has 0 fully saturated rings. The molecule has 14 heavy (non-hydrogen) atoms. The van der Waals surface area contributed by atoms with Gasteiger partial charge in [0, 0.05) is 4.47 Å². The van der Waals surface area contributed by atoms with Crippen molar-refractivity contribution in [3.05, 3.63) is 58.6 Å². The molecule has 70 valence electrons. The van der Waals surface area contributed by atoms with Gasteiger partial charge in [-0.25, -0.2) is 0 Å². The van der Waals surface area contributed by atoms with Crippen LogP contribution in [-0.4, -0.2) is 0 Å². The Morgan fingerprint density at radius 3 is 2.29 bits per heavy atom. The van der Waals surface area contributed by atoms with Gasteiger partial charge in [-0.3, -0.25) is 0 Å². The summed E-state index contributed by atoms with van der Waals surface area (Å²) < 4.78 is 1.13. The maximum absolute atomic E-state index is 3.47. The second-order valence-corrected chi connectivity index (χ2v) is 4.24. The van der Waals surface area contributed by atoms with E-state index in [9.17, 15) is 0 Å². The Labute approximate surface area is 92.7 Å². The molecule has 0 aliphatic carbocycles. The SMILES string of the molecule is Cc1cc(Br)ccc1-c1ccccc1. The minimum absolute atomic E-state index is 1.13. The minimum atomic E-state index is 1.13. The van der Waals surface area contributed by atoms with Crippen LogP contribution in [-0.2, 0) is 0 Å². The smallest absolute Gasteiger partial charge is 0.0178 e. The number of rotatable bonds is 1. The van der Waals surface area contributed by atoms with E-state index in [4.69, 9.17) is 0 Å². The third kappa shape index (κ3) is 1.88. The highest BCUT2D eigenvalue weighted by Crippen LogP contribution is 2.25. The molecule has 0 atom stereocenters. The van der Waals surface area contributed by atoms with Crippen molar-refractivity contribution in [3.8, 4) is 11.1 Å². The first kappa shape index (κ1) is 9.47. The molecule has 0 N–H and O–H groups in total. The zero-order valence-corrected chi connectivity index (χ0v) is 9.58. The molecule has 0 unspecified atom stereocenters. The fourth-order valence-corrected chi connectivity index (χ4v) is 2.04. The summed E-state index contributed by atoms with van der Waals surface area (Å²) in [4.78, 5) is 0. The predicted molar refractivity (Wildman–Crippen MR) is 64.3 cm³/mol. The van der Waals surface area contributed by atoms with Crippen LogP contribution in [0.15, 0.2) is 53.0 Å². The highest BCUT2D eigenvalue weighted by Gasteiger charge is 2.00. The Hall–Kier alpha value is -1.08. The lowest BCUT2D eigenvalue weighted by Crippen LogP contribution is -1.82. The zero-order valence-electron chi connectivity index (χ0n) is 8.00. The molecule has 0 radical (unpaired) electrons. The van der Waals surface area contributed by atoms with Gasteiger partial charge < -0.3 is 0 Å². The van der Waals surface area contributed by atoms with Crippen LogP contribution >= 0.6 is 15.9 Å². The molecule has 0 spiro atoms.